The molecule has 1 aromatic carbocycles. The molecule has 0 aliphatic carbocycles. The lowest BCUT2D eigenvalue weighted by molar-refractivity contribution is 0.690. The summed E-state index contributed by atoms with van der Waals surface area (Å²) in [4.78, 5) is 7.13. The fourth-order valence-corrected chi connectivity index (χ4v) is 4.02. The number of fused-ring (bicyclic) bond motifs is 1. The molecule has 1 unspecified atom stereocenters. The van der Waals surface area contributed by atoms with Crippen molar-refractivity contribution in [2.24, 2.45) is 0 Å². The molecule has 3 rings (SSSR count). The number of alkyl halides is 1. The van der Waals surface area contributed by atoms with E-state index in [0.29, 0.717) is 11.9 Å². The van der Waals surface area contributed by atoms with Crippen molar-refractivity contribution in [2.75, 3.05) is 23.5 Å². The normalized spacial score (nSPS) is 18.9. The molecule has 100 valence electrons. The molecule has 0 N–H and O–H groups in total. The van der Waals surface area contributed by atoms with E-state index in [9.17, 15) is 0 Å². The van der Waals surface area contributed by atoms with Crippen molar-refractivity contribution in [1.29, 1.82) is 0 Å². The van der Waals surface area contributed by atoms with Gasteiger partial charge in [-0.3, -0.25) is 0 Å². The second kappa shape index (κ2) is 5.59. The topological polar surface area (TPSA) is 16.1 Å². The smallest absolute Gasteiger partial charge is 0.133 e. The number of nitrogens with zero attached hydrogens (tertiary/aromatic N) is 2. The van der Waals surface area contributed by atoms with Gasteiger partial charge in [-0.15, -0.1) is 11.6 Å². The van der Waals surface area contributed by atoms with Gasteiger partial charge in [0.15, 0.2) is 0 Å². The zero-order chi connectivity index (χ0) is 13.2. The Morgan fingerprint density at radius 3 is 3.00 bits per heavy atom. The van der Waals surface area contributed by atoms with Crippen LogP contribution in [0.15, 0.2) is 30.3 Å². The van der Waals surface area contributed by atoms with Gasteiger partial charge in [0.2, 0.25) is 0 Å². The molecule has 0 bridgehead atoms. The van der Waals surface area contributed by atoms with Crippen LogP contribution in [0.2, 0.25) is 0 Å². The number of para-hydroxylation sites is 1. The summed E-state index contributed by atoms with van der Waals surface area (Å²) in [5, 5.41) is 1.16. The van der Waals surface area contributed by atoms with E-state index in [0.717, 1.165) is 22.3 Å². The fourth-order valence-electron chi connectivity index (χ4n) is 2.55. The molecule has 0 amide bonds. The Bertz CT molecular complexity index is 581. The lowest BCUT2D eigenvalue weighted by Crippen LogP contribution is -2.32. The van der Waals surface area contributed by atoms with Crippen LogP contribution in [0.5, 0.6) is 0 Å². The Hall–Kier alpha value is -0.930. The van der Waals surface area contributed by atoms with E-state index in [-0.39, 0.29) is 0 Å². The lowest BCUT2D eigenvalue weighted by Gasteiger charge is -2.27. The average Bonchev–Trinajstić information content (AvgIpc) is 2.99. The molecule has 4 heteroatoms. The Morgan fingerprint density at radius 1 is 1.42 bits per heavy atom. The first kappa shape index (κ1) is 13.1. The predicted molar refractivity (Wildman–Crippen MR) is 85.4 cm³/mol. The van der Waals surface area contributed by atoms with Gasteiger partial charge < -0.3 is 4.90 Å². The second-order valence-electron chi connectivity index (χ2n) is 4.93. The lowest BCUT2D eigenvalue weighted by atomic mass is 10.1. The molecule has 0 radical (unpaired) electrons. The van der Waals surface area contributed by atoms with E-state index in [2.05, 4.69) is 30.1 Å². The number of rotatable bonds is 3. The van der Waals surface area contributed by atoms with Gasteiger partial charge >= 0.3 is 0 Å². The number of hydrogen-bond acceptors (Lipinski definition) is 3. The van der Waals surface area contributed by atoms with Crippen molar-refractivity contribution >= 4 is 40.1 Å². The van der Waals surface area contributed by atoms with Gasteiger partial charge in [0, 0.05) is 29.8 Å². The number of halogens is 1. The third-order valence-corrected chi connectivity index (χ3v) is 5.14. The first-order chi connectivity index (χ1) is 9.29. The Morgan fingerprint density at radius 2 is 2.26 bits per heavy atom. The van der Waals surface area contributed by atoms with Gasteiger partial charge in [-0.2, -0.15) is 11.8 Å². The molecular weight excluding hydrogens is 276 g/mol. The van der Waals surface area contributed by atoms with Crippen molar-refractivity contribution in [2.45, 2.75) is 18.3 Å². The zero-order valence-electron chi connectivity index (χ0n) is 11.0. The molecule has 1 atom stereocenters. The molecule has 19 heavy (non-hydrogen) atoms. The van der Waals surface area contributed by atoms with Crippen molar-refractivity contribution in [3.05, 3.63) is 35.9 Å². The summed E-state index contributed by atoms with van der Waals surface area (Å²) in [6, 6.07) is 11.0. The minimum absolute atomic E-state index is 0.511. The third kappa shape index (κ3) is 2.54. The summed E-state index contributed by atoms with van der Waals surface area (Å²) < 4.78 is 0. The summed E-state index contributed by atoms with van der Waals surface area (Å²) in [6.07, 6.45) is 1.23. The summed E-state index contributed by atoms with van der Waals surface area (Å²) in [5.74, 6) is 3.99. The highest BCUT2D eigenvalue weighted by atomic mass is 35.5. The fraction of sp³-hybridized carbons (Fsp3) is 0.400. The van der Waals surface area contributed by atoms with E-state index in [1.807, 2.05) is 23.9 Å². The highest BCUT2D eigenvalue weighted by molar-refractivity contribution is 7.99. The van der Waals surface area contributed by atoms with Crippen LogP contribution >= 0.6 is 23.4 Å². The number of benzene rings is 1. The Kier molecular flexibility index (Phi) is 3.85. The van der Waals surface area contributed by atoms with E-state index in [4.69, 9.17) is 16.6 Å². The number of pyridine rings is 1. The molecule has 1 saturated heterocycles. The van der Waals surface area contributed by atoms with Gasteiger partial charge in [0.05, 0.1) is 11.4 Å². The standard InChI is InChI=1S/C15H17ClN2S/c1-18(13-6-7-19-10-13)15-12(9-16)8-11-4-2-3-5-14(11)17-15/h2-5,8,13H,6-7,9-10H2,1H3. The molecular formula is C15H17ClN2S. The first-order valence-electron chi connectivity index (χ1n) is 6.55. The SMILES string of the molecule is CN(c1nc2ccccc2cc1CCl)C1CCSC1. The van der Waals surface area contributed by atoms with Gasteiger partial charge in [-0.05, 0) is 24.3 Å². The largest absolute Gasteiger partial charge is 0.356 e. The number of anilines is 1. The van der Waals surface area contributed by atoms with Gasteiger partial charge in [-0.1, -0.05) is 18.2 Å². The molecule has 0 saturated carbocycles. The molecule has 1 aromatic heterocycles. The molecule has 2 nitrogen and oxygen atoms in total. The third-order valence-electron chi connectivity index (χ3n) is 3.71. The minimum atomic E-state index is 0.511. The summed E-state index contributed by atoms with van der Waals surface area (Å²) in [5.41, 5.74) is 2.17. The molecule has 1 aliphatic rings. The maximum absolute atomic E-state index is 6.11. The molecule has 2 aromatic rings. The van der Waals surface area contributed by atoms with E-state index < -0.39 is 0 Å². The van der Waals surface area contributed by atoms with Crippen LogP contribution in [0.25, 0.3) is 10.9 Å². The van der Waals surface area contributed by atoms with Crippen molar-refractivity contribution in [3.63, 3.8) is 0 Å². The first-order valence-corrected chi connectivity index (χ1v) is 8.23. The summed E-state index contributed by atoms with van der Waals surface area (Å²) >= 11 is 8.13. The van der Waals surface area contributed by atoms with Crippen LogP contribution < -0.4 is 4.90 Å². The number of aromatic nitrogens is 1. The monoisotopic (exact) mass is 292 g/mol. The van der Waals surface area contributed by atoms with Gasteiger partial charge in [0.1, 0.15) is 5.82 Å². The van der Waals surface area contributed by atoms with Crippen molar-refractivity contribution in [3.8, 4) is 0 Å². The van der Waals surface area contributed by atoms with Gasteiger partial charge in [-0.25, -0.2) is 4.98 Å². The van der Waals surface area contributed by atoms with E-state index >= 15 is 0 Å². The second-order valence-corrected chi connectivity index (χ2v) is 6.34. The predicted octanol–water partition coefficient (Wildman–Crippen LogP) is 3.92. The van der Waals surface area contributed by atoms with Crippen LogP contribution in [0.3, 0.4) is 0 Å². The van der Waals surface area contributed by atoms with Crippen LogP contribution in [-0.4, -0.2) is 29.6 Å². The molecule has 2 heterocycles. The molecule has 1 aliphatic heterocycles. The quantitative estimate of drug-likeness (QED) is 0.798. The highest BCUT2D eigenvalue weighted by Gasteiger charge is 2.23. The van der Waals surface area contributed by atoms with Crippen molar-refractivity contribution in [1.82, 2.24) is 4.98 Å². The Labute approximate surface area is 123 Å². The van der Waals surface area contributed by atoms with E-state index in [1.54, 1.807) is 0 Å². The summed E-state index contributed by atoms with van der Waals surface area (Å²) in [7, 11) is 2.14. The van der Waals surface area contributed by atoms with Crippen LogP contribution in [-0.2, 0) is 5.88 Å². The van der Waals surface area contributed by atoms with Gasteiger partial charge in [0.25, 0.3) is 0 Å². The van der Waals surface area contributed by atoms with Crippen molar-refractivity contribution < 1.29 is 0 Å². The maximum Gasteiger partial charge on any atom is 0.133 e. The highest BCUT2D eigenvalue weighted by Crippen LogP contribution is 2.29. The number of hydrogen-bond donors (Lipinski definition) is 0. The zero-order valence-corrected chi connectivity index (χ0v) is 12.5. The number of thioether (sulfide) groups is 1. The Balaban J connectivity index is 2.05. The van der Waals surface area contributed by atoms with Crippen LogP contribution in [0.1, 0.15) is 12.0 Å². The average molecular weight is 293 g/mol. The van der Waals surface area contributed by atoms with E-state index in [1.165, 1.54) is 17.9 Å². The van der Waals surface area contributed by atoms with Crippen LogP contribution in [0, 0.1) is 0 Å². The summed E-state index contributed by atoms with van der Waals surface area (Å²) in [6.45, 7) is 0. The maximum atomic E-state index is 6.11. The molecule has 1 fully saturated rings. The minimum Gasteiger partial charge on any atom is -0.356 e. The van der Waals surface area contributed by atoms with Crippen LogP contribution in [0.4, 0.5) is 5.82 Å². The molecule has 0 spiro atoms.